The third-order valence-corrected chi connectivity index (χ3v) is 3.18. The zero-order valence-corrected chi connectivity index (χ0v) is 12.8. The molecule has 0 atom stereocenters. The Hall–Kier alpha value is -2.38. The average molecular weight is 326 g/mol. The van der Waals surface area contributed by atoms with E-state index in [9.17, 15) is 18.0 Å². The number of halogens is 3. The number of carbonyl (C=O) groups is 1. The van der Waals surface area contributed by atoms with Crippen molar-refractivity contribution < 1.29 is 18.0 Å². The van der Waals surface area contributed by atoms with Gasteiger partial charge in [-0.3, -0.25) is 4.79 Å². The molecule has 2 aromatic heterocycles. The van der Waals surface area contributed by atoms with Gasteiger partial charge in [-0.15, -0.1) is 6.58 Å². The van der Waals surface area contributed by atoms with Crippen LogP contribution in [0.3, 0.4) is 0 Å². The molecule has 0 aromatic carbocycles. The van der Waals surface area contributed by atoms with E-state index >= 15 is 0 Å². The number of hydrogen-bond donors (Lipinski definition) is 0. The molecule has 0 unspecified atom stereocenters. The average Bonchev–Trinajstić information content (AvgIpc) is 2.87. The first-order valence-electron chi connectivity index (χ1n) is 7.03. The summed E-state index contributed by atoms with van der Waals surface area (Å²) >= 11 is 0. The number of aromatic nitrogens is 3. The van der Waals surface area contributed by atoms with E-state index < -0.39 is 18.6 Å². The van der Waals surface area contributed by atoms with Gasteiger partial charge >= 0.3 is 6.18 Å². The van der Waals surface area contributed by atoms with Gasteiger partial charge in [0.1, 0.15) is 6.54 Å². The maximum absolute atomic E-state index is 12.6. The number of pyridine rings is 1. The van der Waals surface area contributed by atoms with Gasteiger partial charge in [0.15, 0.2) is 5.65 Å². The summed E-state index contributed by atoms with van der Waals surface area (Å²) in [6.07, 6.45) is -0.399. The molecule has 0 radical (unpaired) electrons. The molecule has 5 nitrogen and oxygen atoms in total. The Kier molecular flexibility index (Phi) is 4.72. The van der Waals surface area contributed by atoms with Gasteiger partial charge in [0.05, 0.1) is 11.8 Å². The highest BCUT2D eigenvalue weighted by molar-refractivity contribution is 5.97. The molecule has 2 rings (SSSR count). The second-order valence-corrected chi connectivity index (χ2v) is 5.41. The lowest BCUT2D eigenvalue weighted by Crippen LogP contribution is -2.39. The van der Waals surface area contributed by atoms with Crippen molar-refractivity contribution in [1.29, 1.82) is 0 Å². The van der Waals surface area contributed by atoms with E-state index in [2.05, 4.69) is 16.7 Å². The molecular weight excluding hydrogens is 309 g/mol. The SMILES string of the molecule is C=CCN(CC(F)(F)F)C(=O)c1cnc2c(cnn2C(C)C)c1. The molecule has 2 heterocycles. The molecule has 0 bridgehead atoms. The fourth-order valence-electron chi connectivity index (χ4n) is 2.21. The van der Waals surface area contributed by atoms with E-state index in [4.69, 9.17) is 0 Å². The summed E-state index contributed by atoms with van der Waals surface area (Å²) in [5.41, 5.74) is 0.676. The van der Waals surface area contributed by atoms with Crippen LogP contribution in [-0.2, 0) is 0 Å². The van der Waals surface area contributed by atoms with Crippen LogP contribution in [-0.4, -0.2) is 44.8 Å². The number of nitrogens with zero attached hydrogens (tertiary/aromatic N) is 4. The minimum atomic E-state index is -4.47. The van der Waals surface area contributed by atoms with E-state index in [1.807, 2.05) is 13.8 Å². The van der Waals surface area contributed by atoms with Gasteiger partial charge in [-0.25, -0.2) is 9.67 Å². The molecule has 0 aliphatic carbocycles. The lowest BCUT2D eigenvalue weighted by atomic mass is 10.2. The normalized spacial score (nSPS) is 11.9. The Labute approximate surface area is 131 Å². The number of hydrogen-bond acceptors (Lipinski definition) is 3. The fraction of sp³-hybridized carbons (Fsp3) is 0.400. The fourth-order valence-corrected chi connectivity index (χ4v) is 2.21. The predicted octanol–water partition coefficient (Wildman–Crippen LogP) is 3.20. The number of carbonyl (C=O) groups excluding carboxylic acids is 1. The first-order chi connectivity index (χ1) is 10.7. The maximum Gasteiger partial charge on any atom is 0.406 e. The maximum atomic E-state index is 12.6. The van der Waals surface area contributed by atoms with Gasteiger partial charge in [0.25, 0.3) is 5.91 Å². The third kappa shape index (κ3) is 3.88. The van der Waals surface area contributed by atoms with Gasteiger partial charge in [-0.2, -0.15) is 18.3 Å². The van der Waals surface area contributed by atoms with Gasteiger partial charge in [0, 0.05) is 24.2 Å². The van der Waals surface area contributed by atoms with Crippen molar-refractivity contribution in [1.82, 2.24) is 19.7 Å². The Morgan fingerprint density at radius 2 is 2.13 bits per heavy atom. The van der Waals surface area contributed by atoms with E-state index in [0.29, 0.717) is 15.9 Å². The highest BCUT2D eigenvalue weighted by Crippen LogP contribution is 2.20. The first-order valence-corrected chi connectivity index (χ1v) is 7.03. The third-order valence-electron chi connectivity index (χ3n) is 3.18. The van der Waals surface area contributed by atoms with Crippen LogP contribution in [0.1, 0.15) is 30.2 Å². The van der Waals surface area contributed by atoms with Crippen LogP contribution in [0.25, 0.3) is 11.0 Å². The highest BCUT2D eigenvalue weighted by atomic mass is 19.4. The minimum absolute atomic E-state index is 0.0871. The largest absolute Gasteiger partial charge is 0.406 e. The Bertz CT molecular complexity index is 721. The molecular formula is C15H17F3N4O. The summed E-state index contributed by atoms with van der Waals surface area (Å²) < 4.78 is 39.5. The molecule has 124 valence electrons. The molecule has 0 spiro atoms. The number of fused-ring (bicyclic) bond motifs is 1. The van der Waals surface area contributed by atoms with Crippen molar-refractivity contribution in [3.63, 3.8) is 0 Å². The van der Waals surface area contributed by atoms with Gasteiger partial charge in [0.2, 0.25) is 0 Å². The zero-order chi connectivity index (χ0) is 17.2. The topological polar surface area (TPSA) is 51.0 Å². The summed E-state index contributed by atoms with van der Waals surface area (Å²) in [7, 11) is 0. The predicted molar refractivity (Wildman–Crippen MR) is 80.1 cm³/mol. The van der Waals surface area contributed by atoms with Gasteiger partial charge in [-0.05, 0) is 19.9 Å². The van der Waals surface area contributed by atoms with Crippen molar-refractivity contribution in [2.24, 2.45) is 0 Å². The standard InChI is InChI=1S/C15H17F3N4O/c1-4-5-21(9-15(16,17)18)14(23)12-6-11-8-20-22(10(2)3)13(11)19-7-12/h4,6-8,10H,1,5,9H2,2-3H3. The van der Waals surface area contributed by atoms with Crippen molar-refractivity contribution in [3.8, 4) is 0 Å². The summed E-state index contributed by atoms with van der Waals surface area (Å²) in [5, 5.41) is 4.78. The van der Waals surface area contributed by atoms with E-state index in [1.54, 1.807) is 10.9 Å². The van der Waals surface area contributed by atoms with Crippen LogP contribution in [0.15, 0.2) is 31.1 Å². The minimum Gasteiger partial charge on any atom is -0.326 e. The van der Waals surface area contributed by atoms with Crippen LogP contribution in [0.4, 0.5) is 13.2 Å². The number of rotatable bonds is 5. The lowest BCUT2D eigenvalue weighted by molar-refractivity contribution is -0.139. The Balaban J connectivity index is 2.33. The van der Waals surface area contributed by atoms with Crippen molar-refractivity contribution in [2.45, 2.75) is 26.1 Å². The highest BCUT2D eigenvalue weighted by Gasteiger charge is 2.33. The molecule has 0 saturated heterocycles. The second kappa shape index (κ2) is 6.39. The van der Waals surface area contributed by atoms with Crippen LogP contribution in [0, 0.1) is 0 Å². The summed E-state index contributed by atoms with van der Waals surface area (Å²) in [6.45, 7) is 5.73. The van der Waals surface area contributed by atoms with Crippen LogP contribution >= 0.6 is 0 Å². The van der Waals surface area contributed by atoms with E-state index in [-0.39, 0.29) is 18.2 Å². The smallest absolute Gasteiger partial charge is 0.326 e. The van der Waals surface area contributed by atoms with Gasteiger partial charge < -0.3 is 4.90 Å². The molecule has 0 aliphatic heterocycles. The molecule has 8 heteroatoms. The summed E-state index contributed by atoms with van der Waals surface area (Å²) in [4.78, 5) is 17.2. The van der Waals surface area contributed by atoms with E-state index in [0.717, 1.165) is 0 Å². The van der Waals surface area contributed by atoms with Crippen LogP contribution < -0.4 is 0 Å². The molecule has 1 amide bonds. The number of alkyl halides is 3. The Morgan fingerprint density at radius 1 is 1.43 bits per heavy atom. The van der Waals surface area contributed by atoms with Crippen LogP contribution in [0.5, 0.6) is 0 Å². The monoisotopic (exact) mass is 326 g/mol. The molecule has 0 saturated carbocycles. The molecule has 0 fully saturated rings. The Morgan fingerprint density at radius 3 is 2.70 bits per heavy atom. The summed E-state index contributed by atoms with van der Waals surface area (Å²) in [5.74, 6) is -0.742. The molecule has 2 aromatic rings. The first kappa shape index (κ1) is 17.0. The number of amides is 1. The quantitative estimate of drug-likeness (QED) is 0.793. The van der Waals surface area contributed by atoms with Crippen molar-refractivity contribution in [2.75, 3.05) is 13.1 Å². The second-order valence-electron chi connectivity index (χ2n) is 5.41. The molecule has 0 aliphatic rings. The zero-order valence-electron chi connectivity index (χ0n) is 12.8. The molecule has 0 N–H and O–H groups in total. The van der Waals surface area contributed by atoms with Crippen LogP contribution in [0.2, 0.25) is 0 Å². The lowest BCUT2D eigenvalue weighted by Gasteiger charge is -2.22. The molecule has 23 heavy (non-hydrogen) atoms. The van der Waals surface area contributed by atoms with Crippen molar-refractivity contribution in [3.05, 3.63) is 36.7 Å². The summed E-state index contributed by atoms with van der Waals surface area (Å²) in [6, 6.07) is 1.59. The van der Waals surface area contributed by atoms with Crippen molar-refractivity contribution >= 4 is 16.9 Å². The van der Waals surface area contributed by atoms with E-state index in [1.165, 1.54) is 18.3 Å². The van der Waals surface area contributed by atoms with Gasteiger partial charge in [-0.1, -0.05) is 6.08 Å².